The Morgan fingerprint density at radius 2 is 1.77 bits per heavy atom. The van der Waals surface area contributed by atoms with E-state index >= 15 is 0 Å². The fourth-order valence-corrected chi connectivity index (χ4v) is 3.29. The van der Waals surface area contributed by atoms with Crippen LogP contribution >= 0.6 is 0 Å². The molecule has 1 aromatic rings. The van der Waals surface area contributed by atoms with E-state index in [0.29, 0.717) is 11.8 Å². The molecule has 0 atom stereocenters. The average Bonchev–Trinajstić information content (AvgIpc) is 2.36. The lowest BCUT2D eigenvalue weighted by Crippen LogP contribution is -2.34. The van der Waals surface area contributed by atoms with E-state index in [0.717, 1.165) is 49.3 Å². The number of anilines is 2. The molecule has 3 heteroatoms. The van der Waals surface area contributed by atoms with Crippen LogP contribution in [-0.2, 0) is 5.41 Å². The van der Waals surface area contributed by atoms with Gasteiger partial charge in [-0.05, 0) is 48.8 Å². The van der Waals surface area contributed by atoms with E-state index in [-0.39, 0.29) is 5.41 Å². The number of rotatable bonds is 6. The van der Waals surface area contributed by atoms with Crippen molar-refractivity contribution in [2.75, 3.05) is 23.7 Å². The zero-order valence-corrected chi connectivity index (χ0v) is 14.4. The van der Waals surface area contributed by atoms with Gasteiger partial charge in [-0.15, -0.1) is 0 Å². The summed E-state index contributed by atoms with van der Waals surface area (Å²) in [5, 5.41) is 9.50. The molecule has 0 radical (unpaired) electrons. The predicted octanol–water partition coefficient (Wildman–Crippen LogP) is 4.33. The smallest absolute Gasteiger partial charge is 0.0823 e. The molecule has 120 valence electrons. The summed E-state index contributed by atoms with van der Waals surface area (Å²) in [5.41, 5.74) is 9.08. The highest BCUT2D eigenvalue weighted by Gasteiger charge is 2.39. The molecule has 0 amide bonds. The second-order valence-electron chi connectivity index (χ2n) is 7.51. The summed E-state index contributed by atoms with van der Waals surface area (Å²) in [6, 6.07) is 8.77. The Morgan fingerprint density at radius 1 is 1.18 bits per heavy atom. The third-order valence-corrected chi connectivity index (χ3v) is 4.51. The van der Waals surface area contributed by atoms with E-state index in [1.165, 1.54) is 0 Å². The highest BCUT2D eigenvalue weighted by atomic mass is 15.1. The normalized spacial score (nSPS) is 16.4. The van der Waals surface area contributed by atoms with E-state index < -0.39 is 0 Å². The number of nitrogen functional groups attached to an aromatic ring is 1. The van der Waals surface area contributed by atoms with Crippen molar-refractivity contribution >= 4 is 11.4 Å². The zero-order chi connectivity index (χ0) is 16.3. The van der Waals surface area contributed by atoms with Crippen LogP contribution in [-0.4, -0.2) is 13.1 Å². The molecule has 0 unspecified atom stereocenters. The van der Waals surface area contributed by atoms with Gasteiger partial charge in [-0.25, -0.2) is 0 Å². The first-order valence-electron chi connectivity index (χ1n) is 8.44. The van der Waals surface area contributed by atoms with Gasteiger partial charge in [0.1, 0.15) is 0 Å². The third-order valence-electron chi connectivity index (χ3n) is 4.51. The maximum absolute atomic E-state index is 9.50. The Labute approximate surface area is 135 Å². The molecule has 1 saturated carbocycles. The molecule has 1 aromatic carbocycles. The van der Waals surface area contributed by atoms with Gasteiger partial charge in [0.15, 0.2) is 0 Å². The van der Waals surface area contributed by atoms with Gasteiger partial charge >= 0.3 is 0 Å². The Kier molecular flexibility index (Phi) is 5.01. The molecule has 2 rings (SSSR count). The zero-order valence-electron chi connectivity index (χ0n) is 14.4. The lowest BCUT2D eigenvalue weighted by Gasteiger charge is -2.36. The fraction of sp³-hybridized carbons (Fsp3) is 0.632. The number of nitrogens with zero attached hydrogens (tertiary/aromatic N) is 2. The summed E-state index contributed by atoms with van der Waals surface area (Å²) in [7, 11) is 0. The summed E-state index contributed by atoms with van der Waals surface area (Å²) in [6.07, 6.45) is 3.07. The molecule has 0 aliphatic heterocycles. The number of hydrogen-bond donors (Lipinski definition) is 1. The molecule has 1 aliphatic rings. The highest BCUT2D eigenvalue weighted by molar-refractivity contribution is 5.69. The van der Waals surface area contributed by atoms with Crippen molar-refractivity contribution < 1.29 is 0 Å². The topological polar surface area (TPSA) is 53.0 Å². The van der Waals surface area contributed by atoms with Crippen molar-refractivity contribution in [3.05, 3.63) is 23.8 Å². The van der Waals surface area contributed by atoms with Crippen molar-refractivity contribution in [1.82, 2.24) is 0 Å². The van der Waals surface area contributed by atoms with E-state index in [9.17, 15) is 5.26 Å². The lowest BCUT2D eigenvalue weighted by molar-refractivity contribution is 0.324. The van der Waals surface area contributed by atoms with Crippen LogP contribution in [0.15, 0.2) is 18.2 Å². The molecule has 2 N–H and O–H groups in total. The van der Waals surface area contributed by atoms with Crippen molar-refractivity contribution in [3.8, 4) is 6.07 Å². The number of nitrogens with two attached hydrogens (primary N) is 1. The molecule has 22 heavy (non-hydrogen) atoms. The molecule has 3 nitrogen and oxygen atoms in total. The highest BCUT2D eigenvalue weighted by Crippen LogP contribution is 2.44. The number of hydrogen-bond acceptors (Lipinski definition) is 3. The molecule has 0 spiro atoms. The van der Waals surface area contributed by atoms with Gasteiger partial charge in [0.05, 0.1) is 22.9 Å². The SMILES string of the molecule is CC(C)CN(CC(C)C)c1ccc(C2(C#N)CCC2)cc1N. The Hall–Kier alpha value is -1.69. The third kappa shape index (κ3) is 3.38. The molecule has 0 bridgehead atoms. The van der Waals surface area contributed by atoms with E-state index in [1.54, 1.807) is 0 Å². The maximum Gasteiger partial charge on any atom is 0.0823 e. The van der Waals surface area contributed by atoms with Crippen LogP contribution in [0.4, 0.5) is 11.4 Å². The van der Waals surface area contributed by atoms with Gasteiger partial charge in [-0.2, -0.15) is 5.26 Å². The standard InChI is InChI=1S/C19H29N3/c1-14(2)11-22(12-15(3)4)18-7-6-16(10-17(18)21)19(13-20)8-5-9-19/h6-7,10,14-15H,5,8-9,11-12,21H2,1-4H3. The maximum atomic E-state index is 9.50. The Morgan fingerprint density at radius 3 is 2.14 bits per heavy atom. The minimum absolute atomic E-state index is 0.284. The minimum Gasteiger partial charge on any atom is -0.397 e. The Balaban J connectivity index is 2.29. The lowest BCUT2D eigenvalue weighted by atomic mass is 9.65. The van der Waals surface area contributed by atoms with Crippen LogP contribution in [0.5, 0.6) is 0 Å². The van der Waals surface area contributed by atoms with Gasteiger partial charge in [-0.1, -0.05) is 33.8 Å². The predicted molar refractivity (Wildman–Crippen MR) is 93.9 cm³/mol. The first kappa shape index (κ1) is 16.7. The number of nitriles is 1. The van der Waals surface area contributed by atoms with Crippen LogP contribution in [0.3, 0.4) is 0 Å². The summed E-state index contributed by atoms with van der Waals surface area (Å²) >= 11 is 0. The van der Waals surface area contributed by atoms with E-state index in [4.69, 9.17) is 5.73 Å². The molecule has 1 fully saturated rings. The van der Waals surface area contributed by atoms with Crippen LogP contribution in [0.2, 0.25) is 0 Å². The minimum atomic E-state index is -0.284. The molecule has 1 aliphatic carbocycles. The second-order valence-corrected chi connectivity index (χ2v) is 7.51. The molecule has 0 heterocycles. The van der Waals surface area contributed by atoms with Gasteiger partial charge in [0, 0.05) is 13.1 Å². The van der Waals surface area contributed by atoms with Gasteiger partial charge in [0.25, 0.3) is 0 Å². The molecule has 0 aromatic heterocycles. The fourth-order valence-electron chi connectivity index (χ4n) is 3.29. The first-order chi connectivity index (χ1) is 10.4. The summed E-state index contributed by atoms with van der Waals surface area (Å²) in [6.45, 7) is 10.9. The number of benzene rings is 1. The van der Waals surface area contributed by atoms with Crippen molar-refractivity contribution in [2.24, 2.45) is 11.8 Å². The summed E-state index contributed by atoms with van der Waals surface area (Å²) in [5.74, 6) is 1.19. The molecular weight excluding hydrogens is 270 g/mol. The van der Waals surface area contributed by atoms with Crippen molar-refractivity contribution in [2.45, 2.75) is 52.4 Å². The van der Waals surface area contributed by atoms with Crippen LogP contribution < -0.4 is 10.6 Å². The first-order valence-corrected chi connectivity index (χ1v) is 8.44. The van der Waals surface area contributed by atoms with Gasteiger partial charge < -0.3 is 10.6 Å². The van der Waals surface area contributed by atoms with Gasteiger partial charge in [0.2, 0.25) is 0 Å². The monoisotopic (exact) mass is 299 g/mol. The molecular formula is C19H29N3. The van der Waals surface area contributed by atoms with Crippen LogP contribution in [0.1, 0.15) is 52.5 Å². The Bertz CT molecular complexity index is 540. The van der Waals surface area contributed by atoms with E-state index in [1.807, 2.05) is 6.07 Å². The van der Waals surface area contributed by atoms with Gasteiger partial charge in [-0.3, -0.25) is 0 Å². The van der Waals surface area contributed by atoms with E-state index in [2.05, 4.69) is 50.8 Å². The van der Waals surface area contributed by atoms with Crippen LogP contribution in [0, 0.1) is 23.2 Å². The summed E-state index contributed by atoms with van der Waals surface area (Å²) < 4.78 is 0. The average molecular weight is 299 g/mol. The largest absolute Gasteiger partial charge is 0.397 e. The quantitative estimate of drug-likeness (QED) is 0.795. The summed E-state index contributed by atoms with van der Waals surface area (Å²) in [4.78, 5) is 2.38. The van der Waals surface area contributed by atoms with Crippen molar-refractivity contribution in [3.63, 3.8) is 0 Å². The van der Waals surface area contributed by atoms with Crippen LogP contribution in [0.25, 0.3) is 0 Å². The molecule has 0 saturated heterocycles. The van der Waals surface area contributed by atoms with Crippen molar-refractivity contribution in [1.29, 1.82) is 5.26 Å². The second kappa shape index (κ2) is 6.60.